The van der Waals surface area contributed by atoms with Crippen molar-refractivity contribution < 1.29 is 27.8 Å². The minimum absolute atomic E-state index is 0.129. The standard InChI is InChI=1S/C27H28F2N2O4S/c1-34-14-3-12-30(27(33)19-6-8-20(28)9-7-19)17-26(32)31-13-10-25-23(11-15-36-25)24(31)18-35-22-5-2-4-21(29)16-22/h2,4-9,11,15-16,24H,3,10,12-14,17-18H2,1H3/t24-/m1/s1. The Morgan fingerprint density at radius 2 is 1.92 bits per heavy atom. The number of hydrogen-bond donors (Lipinski definition) is 0. The van der Waals surface area contributed by atoms with Gasteiger partial charge >= 0.3 is 0 Å². The molecule has 0 bridgehead atoms. The second-order valence-corrected chi connectivity index (χ2v) is 9.50. The van der Waals surface area contributed by atoms with Gasteiger partial charge in [-0.1, -0.05) is 6.07 Å². The molecule has 2 heterocycles. The van der Waals surface area contributed by atoms with Crippen LogP contribution in [-0.2, 0) is 16.0 Å². The molecule has 0 saturated carbocycles. The van der Waals surface area contributed by atoms with Gasteiger partial charge in [0.25, 0.3) is 5.91 Å². The minimum atomic E-state index is -0.436. The lowest BCUT2D eigenvalue weighted by molar-refractivity contribution is -0.135. The molecule has 1 aliphatic heterocycles. The number of carbonyl (C=O) groups excluding carboxylic acids is 2. The van der Waals surface area contributed by atoms with Gasteiger partial charge in [0, 0.05) is 43.3 Å². The predicted octanol–water partition coefficient (Wildman–Crippen LogP) is 4.71. The van der Waals surface area contributed by atoms with Gasteiger partial charge in [-0.3, -0.25) is 9.59 Å². The van der Waals surface area contributed by atoms with Crippen LogP contribution in [0.1, 0.15) is 33.3 Å². The summed E-state index contributed by atoms with van der Waals surface area (Å²) in [5.41, 5.74) is 1.32. The van der Waals surface area contributed by atoms with E-state index >= 15 is 0 Å². The largest absolute Gasteiger partial charge is 0.491 e. The first-order valence-electron chi connectivity index (χ1n) is 11.7. The van der Waals surface area contributed by atoms with Crippen LogP contribution in [0.5, 0.6) is 5.75 Å². The van der Waals surface area contributed by atoms with E-state index in [1.54, 1.807) is 35.5 Å². The van der Waals surface area contributed by atoms with Gasteiger partial charge in [0.1, 0.15) is 30.5 Å². The van der Waals surface area contributed by atoms with Gasteiger partial charge in [0.15, 0.2) is 0 Å². The van der Waals surface area contributed by atoms with Crippen molar-refractivity contribution in [2.24, 2.45) is 0 Å². The van der Waals surface area contributed by atoms with Gasteiger partial charge < -0.3 is 19.3 Å². The molecule has 0 unspecified atom stereocenters. The Morgan fingerprint density at radius 1 is 1.11 bits per heavy atom. The molecule has 3 aromatic rings. The molecule has 9 heteroatoms. The number of carbonyl (C=O) groups is 2. The summed E-state index contributed by atoms with van der Waals surface area (Å²) in [6.45, 7) is 1.27. The predicted molar refractivity (Wildman–Crippen MR) is 133 cm³/mol. The van der Waals surface area contributed by atoms with Crippen LogP contribution in [0.25, 0.3) is 0 Å². The maximum Gasteiger partial charge on any atom is 0.254 e. The normalized spacial score (nSPS) is 14.9. The molecule has 1 aromatic heterocycles. The molecule has 6 nitrogen and oxygen atoms in total. The van der Waals surface area contributed by atoms with Crippen molar-refractivity contribution in [3.05, 3.63) is 87.6 Å². The fraction of sp³-hybridized carbons (Fsp3) is 0.333. The van der Waals surface area contributed by atoms with E-state index in [1.807, 2.05) is 11.4 Å². The average Bonchev–Trinajstić information content (AvgIpc) is 3.36. The molecule has 1 aliphatic rings. The van der Waals surface area contributed by atoms with Crippen LogP contribution in [0.4, 0.5) is 8.78 Å². The zero-order valence-corrected chi connectivity index (χ0v) is 20.8. The highest BCUT2D eigenvalue weighted by Gasteiger charge is 2.33. The second-order valence-electron chi connectivity index (χ2n) is 8.50. The number of benzene rings is 2. The Kier molecular flexibility index (Phi) is 8.66. The number of methoxy groups -OCH3 is 1. The Balaban J connectivity index is 1.52. The molecule has 1 atom stereocenters. The third-order valence-corrected chi connectivity index (χ3v) is 7.10. The third kappa shape index (κ3) is 6.27. The van der Waals surface area contributed by atoms with Crippen molar-refractivity contribution in [2.45, 2.75) is 18.9 Å². The SMILES string of the molecule is COCCCN(CC(=O)N1CCc2sccc2[C@H]1COc1cccc(F)c1)C(=O)c1ccc(F)cc1. The molecular weight excluding hydrogens is 486 g/mol. The molecule has 0 N–H and O–H groups in total. The van der Waals surface area contributed by atoms with Gasteiger partial charge in [-0.2, -0.15) is 0 Å². The van der Waals surface area contributed by atoms with Crippen LogP contribution in [0, 0.1) is 11.6 Å². The van der Waals surface area contributed by atoms with Crippen molar-refractivity contribution in [2.75, 3.05) is 40.0 Å². The smallest absolute Gasteiger partial charge is 0.254 e. The maximum absolute atomic E-state index is 13.6. The molecule has 4 rings (SSSR count). The summed E-state index contributed by atoms with van der Waals surface area (Å²) in [7, 11) is 1.58. The van der Waals surface area contributed by atoms with Crippen molar-refractivity contribution in [1.29, 1.82) is 0 Å². The number of rotatable bonds is 10. The Bertz CT molecular complexity index is 1180. The lowest BCUT2D eigenvalue weighted by atomic mass is 10.0. The lowest BCUT2D eigenvalue weighted by Gasteiger charge is -2.37. The zero-order chi connectivity index (χ0) is 25.5. The monoisotopic (exact) mass is 514 g/mol. The second kappa shape index (κ2) is 12.1. The van der Waals surface area contributed by atoms with Crippen molar-refractivity contribution in [1.82, 2.24) is 9.80 Å². The first-order valence-corrected chi connectivity index (χ1v) is 12.6. The molecule has 190 valence electrons. The number of hydrogen-bond acceptors (Lipinski definition) is 5. The minimum Gasteiger partial charge on any atom is -0.491 e. The summed E-state index contributed by atoms with van der Waals surface area (Å²) in [4.78, 5) is 31.1. The van der Waals surface area contributed by atoms with E-state index in [2.05, 4.69) is 0 Å². The number of amides is 2. The number of halogens is 2. The van der Waals surface area contributed by atoms with Gasteiger partial charge in [-0.15, -0.1) is 11.3 Å². The molecule has 36 heavy (non-hydrogen) atoms. The summed E-state index contributed by atoms with van der Waals surface area (Å²) in [6.07, 6.45) is 1.27. The summed E-state index contributed by atoms with van der Waals surface area (Å²) in [6, 6.07) is 12.8. The summed E-state index contributed by atoms with van der Waals surface area (Å²) < 4.78 is 38.0. The van der Waals surface area contributed by atoms with Crippen LogP contribution in [0.15, 0.2) is 60.0 Å². The summed E-state index contributed by atoms with van der Waals surface area (Å²) in [5.74, 6) is -1.01. The van der Waals surface area contributed by atoms with E-state index in [9.17, 15) is 18.4 Å². The Morgan fingerprint density at radius 3 is 2.67 bits per heavy atom. The summed E-state index contributed by atoms with van der Waals surface area (Å²) >= 11 is 1.64. The average molecular weight is 515 g/mol. The van der Waals surface area contributed by atoms with Crippen LogP contribution in [-0.4, -0.2) is 61.6 Å². The van der Waals surface area contributed by atoms with E-state index < -0.39 is 11.6 Å². The van der Waals surface area contributed by atoms with Gasteiger partial charge in [0.2, 0.25) is 5.91 Å². The fourth-order valence-corrected chi connectivity index (χ4v) is 5.22. The molecule has 2 aromatic carbocycles. The number of ether oxygens (including phenoxy) is 2. The van der Waals surface area contributed by atoms with Crippen molar-refractivity contribution >= 4 is 23.2 Å². The van der Waals surface area contributed by atoms with Crippen LogP contribution in [0.3, 0.4) is 0 Å². The lowest BCUT2D eigenvalue weighted by Crippen LogP contribution is -2.48. The maximum atomic E-state index is 13.6. The van der Waals surface area contributed by atoms with E-state index in [1.165, 1.54) is 46.2 Å². The van der Waals surface area contributed by atoms with Crippen LogP contribution >= 0.6 is 11.3 Å². The Labute approximate surface area is 213 Å². The number of nitrogens with zero attached hydrogens (tertiary/aromatic N) is 2. The van der Waals surface area contributed by atoms with Crippen molar-refractivity contribution in [3.8, 4) is 5.75 Å². The van der Waals surface area contributed by atoms with Crippen LogP contribution in [0.2, 0.25) is 0 Å². The van der Waals surface area contributed by atoms with E-state index in [0.717, 1.165) is 5.56 Å². The van der Waals surface area contributed by atoms with Crippen molar-refractivity contribution in [3.63, 3.8) is 0 Å². The molecule has 0 radical (unpaired) electrons. The first kappa shape index (κ1) is 25.8. The van der Waals surface area contributed by atoms with E-state index in [0.29, 0.717) is 43.9 Å². The molecule has 0 aliphatic carbocycles. The Hall–Kier alpha value is -3.30. The topological polar surface area (TPSA) is 59.1 Å². The quantitative estimate of drug-likeness (QED) is 0.368. The highest BCUT2D eigenvalue weighted by Crippen LogP contribution is 2.34. The van der Waals surface area contributed by atoms with E-state index in [4.69, 9.17) is 9.47 Å². The van der Waals surface area contributed by atoms with Gasteiger partial charge in [-0.25, -0.2) is 8.78 Å². The number of fused-ring (bicyclic) bond motifs is 1. The first-order chi connectivity index (χ1) is 17.5. The van der Waals surface area contributed by atoms with Crippen LogP contribution < -0.4 is 4.74 Å². The number of thiophene rings is 1. The fourth-order valence-electron chi connectivity index (χ4n) is 4.29. The summed E-state index contributed by atoms with van der Waals surface area (Å²) in [5, 5.41) is 1.99. The highest BCUT2D eigenvalue weighted by atomic mass is 32.1. The third-order valence-electron chi connectivity index (χ3n) is 6.10. The van der Waals surface area contributed by atoms with Gasteiger partial charge in [-0.05, 0) is 66.2 Å². The molecule has 2 amide bonds. The molecule has 0 saturated heterocycles. The highest BCUT2D eigenvalue weighted by molar-refractivity contribution is 7.10. The molecule has 0 spiro atoms. The molecular formula is C27H28F2N2O4S. The molecule has 0 fully saturated rings. The zero-order valence-electron chi connectivity index (χ0n) is 20.0. The van der Waals surface area contributed by atoms with Gasteiger partial charge in [0.05, 0.1) is 6.04 Å². The van der Waals surface area contributed by atoms with E-state index in [-0.39, 0.29) is 31.0 Å².